The maximum atomic E-state index is 5.86. The summed E-state index contributed by atoms with van der Waals surface area (Å²) in [5, 5.41) is 0. The molecule has 1 fully saturated rings. The molecule has 0 amide bonds. The van der Waals surface area contributed by atoms with Crippen LogP contribution in [0.4, 0.5) is 0 Å². The molecule has 1 heterocycles. The summed E-state index contributed by atoms with van der Waals surface area (Å²) in [6.45, 7) is 4.41. The van der Waals surface area contributed by atoms with Gasteiger partial charge in [0, 0.05) is 19.6 Å². The maximum absolute atomic E-state index is 5.86. The molecule has 0 radical (unpaired) electrons. The molecule has 1 aliphatic heterocycles. The molecule has 0 spiro atoms. The smallest absolute Gasteiger partial charge is 0.0240 e. The van der Waals surface area contributed by atoms with E-state index in [0.717, 1.165) is 31.5 Å². The summed E-state index contributed by atoms with van der Waals surface area (Å²) in [5.74, 6) is 1.62. The van der Waals surface area contributed by atoms with Crippen LogP contribution in [0.25, 0.3) is 0 Å². The minimum absolute atomic E-state index is 0.777. The molecule has 92 valence electrons. The summed E-state index contributed by atoms with van der Waals surface area (Å²) in [6, 6.07) is 8.84. The number of fused-ring (bicyclic) bond motifs is 1. The van der Waals surface area contributed by atoms with Gasteiger partial charge in [0.25, 0.3) is 0 Å². The highest BCUT2D eigenvalue weighted by molar-refractivity contribution is 5.30. The van der Waals surface area contributed by atoms with Crippen molar-refractivity contribution in [2.45, 2.75) is 32.4 Å². The fourth-order valence-electron chi connectivity index (χ4n) is 3.53. The summed E-state index contributed by atoms with van der Waals surface area (Å²) in [5.41, 5.74) is 8.91. The molecule has 1 saturated carbocycles. The molecule has 2 atom stereocenters. The highest BCUT2D eigenvalue weighted by Gasteiger charge is 2.29. The molecule has 2 heteroatoms. The van der Waals surface area contributed by atoms with E-state index in [4.69, 9.17) is 5.73 Å². The van der Waals surface area contributed by atoms with Crippen molar-refractivity contribution in [2.75, 3.05) is 13.1 Å². The Morgan fingerprint density at radius 3 is 2.35 bits per heavy atom. The molecule has 0 bridgehead atoms. The fraction of sp³-hybridized carbons (Fsp3) is 0.600. The van der Waals surface area contributed by atoms with E-state index in [-0.39, 0.29) is 0 Å². The molecule has 2 aliphatic rings. The second-order valence-electron chi connectivity index (χ2n) is 5.63. The van der Waals surface area contributed by atoms with Gasteiger partial charge in [-0.05, 0) is 42.3 Å². The Labute approximate surface area is 104 Å². The first kappa shape index (κ1) is 11.2. The zero-order chi connectivity index (χ0) is 11.7. The quantitative estimate of drug-likeness (QED) is 0.864. The largest absolute Gasteiger partial charge is 0.330 e. The lowest BCUT2D eigenvalue weighted by molar-refractivity contribution is 0.209. The Morgan fingerprint density at radius 2 is 1.71 bits per heavy atom. The maximum Gasteiger partial charge on any atom is 0.0240 e. The van der Waals surface area contributed by atoms with Crippen LogP contribution in [0, 0.1) is 11.8 Å². The zero-order valence-electron chi connectivity index (χ0n) is 10.4. The lowest BCUT2D eigenvalue weighted by Gasteiger charge is -2.24. The first-order chi connectivity index (χ1) is 8.36. The monoisotopic (exact) mass is 230 g/mol. The van der Waals surface area contributed by atoms with Gasteiger partial charge in [-0.15, -0.1) is 0 Å². The molecule has 0 aromatic heterocycles. The lowest BCUT2D eigenvalue weighted by Crippen LogP contribution is -2.29. The van der Waals surface area contributed by atoms with Gasteiger partial charge < -0.3 is 5.73 Å². The van der Waals surface area contributed by atoms with Crippen molar-refractivity contribution in [3.05, 3.63) is 35.4 Å². The molecule has 0 saturated heterocycles. The van der Waals surface area contributed by atoms with Crippen molar-refractivity contribution in [2.24, 2.45) is 17.6 Å². The van der Waals surface area contributed by atoms with Gasteiger partial charge in [-0.1, -0.05) is 30.7 Å². The first-order valence-electron chi connectivity index (χ1n) is 6.86. The van der Waals surface area contributed by atoms with E-state index in [9.17, 15) is 0 Å². The van der Waals surface area contributed by atoms with Crippen molar-refractivity contribution in [3.8, 4) is 0 Å². The van der Waals surface area contributed by atoms with E-state index in [2.05, 4.69) is 29.2 Å². The van der Waals surface area contributed by atoms with Crippen LogP contribution >= 0.6 is 0 Å². The third kappa shape index (κ3) is 2.24. The number of nitrogens with zero attached hydrogens (tertiary/aromatic N) is 1. The van der Waals surface area contributed by atoms with Gasteiger partial charge >= 0.3 is 0 Å². The summed E-state index contributed by atoms with van der Waals surface area (Å²) >= 11 is 0. The van der Waals surface area contributed by atoms with Gasteiger partial charge in [-0.2, -0.15) is 0 Å². The third-order valence-electron chi connectivity index (χ3n) is 4.52. The predicted molar refractivity (Wildman–Crippen MR) is 70.4 cm³/mol. The van der Waals surface area contributed by atoms with Gasteiger partial charge in [0.05, 0.1) is 0 Å². The van der Waals surface area contributed by atoms with Crippen LogP contribution in [-0.2, 0) is 13.1 Å². The number of hydrogen-bond donors (Lipinski definition) is 1. The number of nitrogens with two attached hydrogens (primary N) is 1. The van der Waals surface area contributed by atoms with Crippen LogP contribution in [-0.4, -0.2) is 18.0 Å². The summed E-state index contributed by atoms with van der Waals surface area (Å²) < 4.78 is 0. The minimum atomic E-state index is 0.777. The standard InChI is InChI=1S/C15H22N2/c16-8-12-6-3-7-13(12)9-17-10-14-4-1-2-5-15(14)11-17/h1-2,4-5,12-13H,3,6-11,16H2. The van der Waals surface area contributed by atoms with E-state index in [1.165, 1.54) is 36.9 Å². The summed E-state index contributed by atoms with van der Waals surface area (Å²) in [4.78, 5) is 2.60. The van der Waals surface area contributed by atoms with Crippen molar-refractivity contribution in [1.29, 1.82) is 0 Å². The first-order valence-corrected chi connectivity index (χ1v) is 6.86. The fourth-order valence-corrected chi connectivity index (χ4v) is 3.53. The SMILES string of the molecule is NCC1CCCC1CN1Cc2ccccc2C1. The Bertz CT molecular complexity index is 363. The molecular weight excluding hydrogens is 208 g/mol. The van der Waals surface area contributed by atoms with E-state index in [0.29, 0.717) is 0 Å². The lowest BCUT2D eigenvalue weighted by atomic mass is 9.96. The normalized spacial score (nSPS) is 28.5. The highest BCUT2D eigenvalue weighted by Crippen LogP contribution is 2.33. The topological polar surface area (TPSA) is 29.3 Å². The second-order valence-corrected chi connectivity index (χ2v) is 5.63. The van der Waals surface area contributed by atoms with E-state index >= 15 is 0 Å². The molecule has 17 heavy (non-hydrogen) atoms. The van der Waals surface area contributed by atoms with Crippen LogP contribution in [0.5, 0.6) is 0 Å². The van der Waals surface area contributed by atoms with Gasteiger partial charge in [0.1, 0.15) is 0 Å². The molecule has 2 nitrogen and oxygen atoms in total. The van der Waals surface area contributed by atoms with Crippen molar-refractivity contribution in [3.63, 3.8) is 0 Å². The van der Waals surface area contributed by atoms with Crippen LogP contribution < -0.4 is 5.73 Å². The van der Waals surface area contributed by atoms with E-state index in [1.54, 1.807) is 0 Å². The molecule has 1 aromatic carbocycles. The average molecular weight is 230 g/mol. The number of benzene rings is 1. The van der Waals surface area contributed by atoms with Crippen LogP contribution in [0.1, 0.15) is 30.4 Å². The average Bonchev–Trinajstić information content (AvgIpc) is 2.94. The molecule has 1 aliphatic carbocycles. The number of rotatable bonds is 3. The highest BCUT2D eigenvalue weighted by atomic mass is 15.1. The molecule has 1 aromatic rings. The van der Waals surface area contributed by atoms with Crippen molar-refractivity contribution < 1.29 is 0 Å². The van der Waals surface area contributed by atoms with Crippen LogP contribution in [0.15, 0.2) is 24.3 Å². The van der Waals surface area contributed by atoms with Gasteiger partial charge in [-0.25, -0.2) is 0 Å². The van der Waals surface area contributed by atoms with Gasteiger partial charge in [-0.3, -0.25) is 4.90 Å². The van der Waals surface area contributed by atoms with Crippen molar-refractivity contribution >= 4 is 0 Å². The molecule has 2 unspecified atom stereocenters. The Kier molecular flexibility index (Phi) is 3.17. The van der Waals surface area contributed by atoms with Crippen molar-refractivity contribution in [1.82, 2.24) is 4.90 Å². The van der Waals surface area contributed by atoms with Gasteiger partial charge in [0.2, 0.25) is 0 Å². The summed E-state index contributed by atoms with van der Waals surface area (Å²) in [6.07, 6.45) is 4.12. The Hall–Kier alpha value is -0.860. The summed E-state index contributed by atoms with van der Waals surface area (Å²) in [7, 11) is 0. The molecule has 3 rings (SSSR count). The van der Waals surface area contributed by atoms with Crippen LogP contribution in [0.3, 0.4) is 0 Å². The Morgan fingerprint density at radius 1 is 1.06 bits per heavy atom. The van der Waals surface area contributed by atoms with Gasteiger partial charge in [0.15, 0.2) is 0 Å². The van der Waals surface area contributed by atoms with E-state index in [1.807, 2.05) is 0 Å². The predicted octanol–water partition coefficient (Wildman–Crippen LogP) is 2.38. The second kappa shape index (κ2) is 4.79. The molecule has 2 N–H and O–H groups in total. The zero-order valence-corrected chi connectivity index (χ0v) is 10.4. The number of hydrogen-bond acceptors (Lipinski definition) is 2. The third-order valence-corrected chi connectivity index (χ3v) is 4.52. The minimum Gasteiger partial charge on any atom is -0.330 e. The van der Waals surface area contributed by atoms with E-state index < -0.39 is 0 Å². The van der Waals surface area contributed by atoms with Crippen LogP contribution in [0.2, 0.25) is 0 Å². The Balaban J connectivity index is 1.62. The molecular formula is C15H22N2.